The van der Waals surface area contributed by atoms with Gasteiger partial charge < -0.3 is 14.8 Å². The lowest BCUT2D eigenvalue weighted by atomic mass is 9.85. The van der Waals surface area contributed by atoms with Crippen LogP contribution in [0.4, 0.5) is 0 Å². The first-order valence-corrected chi connectivity index (χ1v) is 11.7. The maximum absolute atomic E-state index is 13.6. The average molecular weight is 430 g/mol. The van der Waals surface area contributed by atoms with E-state index in [1.54, 1.807) is 4.90 Å². The van der Waals surface area contributed by atoms with Gasteiger partial charge in [-0.05, 0) is 42.0 Å². The molecule has 0 saturated carbocycles. The van der Waals surface area contributed by atoms with E-state index in [0.717, 1.165) is 34.1 Å². The molecule has 0 radical (unpaired) electrons. The van der Waals surface area contributed by atoms with Gasteiger partial charge in [-0.15, -0.1) is 0 Å². The van der Waals surface area contributed by atoms with Crippen molar-refractivity contribution in [3.8, 4) is 0 Å². The predicted molar refractivity (Wildman–Crippen MR) is 126 cm³/mol. The molecule has 0 spiro atoms. The van der Waals surface area contributed by atoms with Gasteiger partial charge in [-0.2, -0.15) is 0 Å². The molecule has 5 heteroatoms. The summed E-state index contributed by atoms with van der Waals surface area (Å²) in [7, 11) is 0. The number of carbonyl (C=O) groups is 2. The largest absolute Gasteiger partial charge is 0.356 e. The number of carbonyl (C=O) groups excluding carboxylic acids is 2. The molecule has 3 atom stereocenters. The van der Waals surface area contributed by atoms with Crippen molar-refractivity contribution in [1.82, 2.24) is 14.8 Å². The van der Waals surface area contributed by atoms with E-state index in [0.29, 0.717) is 12.3 Å². The van der Waals surface area contributed by atoms with Crippen LogP contribution in [0.15, 0.2) is 48.5 Å². The lowest BCUT2D eigenvalue weighted by Crippen LogP contribution is -2.64. The highest BCUT2D eigenvalue weighted by Gasteiger charge is 2.48. The third-order valence-electron chi connectivity index (χ3n) is 7.33. The van der Waals surface area contributed by atoms with Crippen molar-refractivity contribution in [2.45, 2.75) is 64.6 Å². The Kier molecular flexibility index (Phi) is 5.07. The Hall–Kier alpha value is -3.08. The summed E-state index contributed by atoms with van der Waals surface area (Å²) >= 11 is 0. The first-order valence-electron chi connectivity index (χ1n) is 11.7. The first-order chi connectivity index (χ1) is 15.4. The molecule has 1 N–H and O–H groups in total. The van der Waals surface area contributed by atoms with Crippen LogP contribution in [-0.2, 0) is 16.0 Å². The van der Waals surface area contributed by atoms with E-state index in [4.69, 9.17) is 0 Å². The van der Waals surface area contributed by atoms with Crippen molar-refractivity contribution in [2.75, 3.05) is 6.54 Å². The Morgan fingerprint density at radius 3 is 2.44 bits per heavy atom. The molecule has 0 unspecified atom stereocenters. The number of hydrogen-bond acceptors (Lipinski definition) is 2. The number of aromatic amines is 1. The van der Waals surface area contributed by atoms with E-state index in [-0.39, 0.29) is 30.4 Å². The summed E-state index contributed by atoms with van der Waals surface area (Å²) in [5.74, 6) is 0.532. The number of H-pyrrole nitrogens is 1. The zero-order chi connectivity index (χ0) is 22.6. The van der Waals surface area contributed by atoms with Crippen LogP contribution in [0.5, 0.6) is 0 Å². The van der Waals surface area contributed by atoms with Gasteiger partial charge in [0, 0.05) is 29.1 Å². The van der Waals surface area contributed by atoms with E-state index in [1.807, 2.05) is 24.0 Å². The molecular formula is C27H31N3O2. The monoisotopic (exact) mass is 429 g/mol. The molecule has 5 rings (SSSR count). The molecule has 2 aliphatic heterocycles. The predicted octanol–water partition coefficient (Wildman–Crippen LogP) is 4.77. The molecule has 166 valence electrons. The number of hydrogen-bond donors (Lipinski definition) is 1. The fourth-order valence-electron chi connectivity index (χ4n) is 5.29. The average Bonchev–Trinajstić information content (AvgIpc) is 3.18. The summed E-state index contributed by atoms with van der Waals surface area (Å²) in [5.41, 5.74) is 5.57. The number of rotatable bonds is 4. The topological polar surface area (TPSA) is 56.4 Å². The highest BCUT2D eigenvalue weighted by Crippen LogP contribution is 2.43. The molecule has 0 bridgehead atoms. The number of fused-ring (bicyclic) bond motifs is 4. The smallest absolute Gasteiger partial charge is 0.246 e. The van der Waals surface area contributed by atoms with Crippen molar-refractivity contribution >= 4 is 22.7 Å². The summed E-state index contributed by atoms with van der Waals surface area (Å²) in [5, 5.41) is 1.15. The van der Waals surface area contributed by atoms with Crippen molar-refractivity contribution < 1.29 is 9.59 Å². The Morgan fingerprint density at radius 1 is 1.03 bits per heavy atom. The molecule has 1 saturated heterocycles. The lowest BCUT2D eigenvalue weighted by molar-refractivity contribution is -0.160. The third kappa shape index (κ3) is 3.14. The second-order valence-electron chi connectivity index (χ2n) is 9.53. The molecule has 0 aliphatic carbocycles. The molecule has 2 amide bonds. The second kappa shape index (κ2) is 7.80. The molecule has 3 heterocycles. The van der Waals surface area contributed by atoms with Gasteiger partial charge in [0.05, 0.1) is 6.04 Å². The Morgan fingerprint density at radius 2 is 1.75 bits per heavy atom. The van der Waals surface area contributed by atoms with Crippen LogP contribution >= 0.6 is 0 Å². The van der Waals surface area contributed by atoms with Gasteiger partial charge in [0.1, 0.15) is 12.6 Å². The van der Waals surface area contributed by atoms with Crippen LogP contribution in [0.2, 0.25) is 0 Å². The summed E-state index contributed by atoms with van der Waals surface area (Å²) in [4.78, 5) is 34.3. The highest BCUT2D eigenvalue weighted by atomic mass is 16.2. The van der Waals surface area contributed by atoms with Gasteiger partial charge in [-0.3, -0.25) is 9.59 Å². The minimum atomic E-state index is -0.466. The zero-order valence-corrected chi connectivity index (χ0v) is 19.3. The Balaban J connectivity index is 1.67. The van der Waals surface area contributed by atoms with Crippen LogP contribution < -0.4 is 0 Å². The Labute approximate surface area is 189 Å². The molecule has 2 aliphatic rings. The summed E-state index contributed by atoms with van der Waals surface area (Å²) in [6, 6.07) is 16.1. The van der Waals surface area contributed by atoms with Crippen LogP contribution in [0.25, 0.3) is 10.9 Å². The Bertz CT molecular complexity index is 1180. The quantitative estimate of drug-likeness (QED) is 0.649. The maximum Gasteiger partial charge on any atom is 0.246 e. The second-order valence-corrected chi connectivity index (χ2v) is 9.53. The third-order valence-corrected chi connectivity index (χ3v) is 7.33. The first kappa shape index (κ1) is 20.8. The van der Waals surface area contributed by atoms with E-state index in [9.17, 15) is 9.59 Å². The molecule has 32 heavy (non-hydrogen) atoms. The maximum atomic E-state index is 13.6. The van der Waals surface area contributed by atoms with Gasteiger partial charge in [0.15, 0.2) is 0 Å². The number of nitrogens with zero attached hydrogens (tertiary/aromatic N) is 2. The van der Waals surface area contributed by atoms with Crippen molar-refractivity contribution in [2.24, 2.45) is 0 Å². The molecule has 1 fully saturated rings. The number of nitrogens with one attached hydrogen (secondary N) is 1. The van der Waals surface area contributed by atoms with Crippen molar-refractivity contribution in [1.29, 1.82) is 0 Å². The number of para-hydroxylation sites is 1. The fraction of sp³-hybridized carbons (Fsp3) is 0.407. The van der Waals surface area contributed by atoms with Gasteiger partial charge in [0.2, 0.25) is 11.8 Å². The van der Waals surface area contributed by atoms with Crippen LogP contribution in [0, 0.1) is 0 Å². The fourth-order valence-corrected chi connectivity index (χ4v) is 5.29. The van der Waals surface area contributed by atoms with Crippen molar-refractivity contribution in [3.05, 3.63) is 70.9 Å². The molecule has 2 aromatic carbocycles. The standard InChI is InChI=1S/C27H31N3O2/c1-5-17(4)29-15-24(31)30-23(27(29)32)14-21-20-8-6-7-9-22(20)28-25(21)26(30)19-12-10-18(11-13-19)16(2)3/h6-13,16-17,23,26,28H,5,14-15H2,1-4H3/t17-,23+,26+/m0/s1. The SMILES string of the molecule is CC[C@H](C)N1CC(=O)N2[C@H](c3ccc(C(C)C)cc3)c3[nH]c4ccccc4c3C[C@@H]2C1=O. The van der Waals surface area contributed by atoms with E-state index >= 15 is 0 Å². The van der Waals surface area contributed by atoms with Crippen LogP contribution in [-0.4, -0.2) is 45.2 Å². The normalized spacial score (nSPS) is 21.8. The van der Waals surface area contributed by atoms with Crippen molar-refractivity contribution in [3.63, 3.8) is 0 Å². The summed E-state index contributed by atoms with van der Waals surface area (Å²) < 4.78 is 0. The van der Waals surface area contributed by atoms with E-state index in [1.165, 1.54) is 5.56 Å². The number of aromatic nitrogens is 1. The highest BCUT2D eigenvalue weighted by molar-refractivity contribution is 5.97. The zero-order valence-electron chi connectivity index (χ0n) is 19.3. The number of amides is 2. The van der Waals surface area contributed by atoms with Gasteiger partial charge >= 0.3 is 0 Å². The molecule has 5 nitrogen and oxygen atoms in total. The van der Waals surface area contributed by atoms with Gasteiger partial charge in [-0.1, -0.05) is 63.2 Å². The van der Waals surface area contributed by atoms with E-state index in [2.05, 4.69) is 62.2 Å². The number of benzene rings is 2. The lowest BCUT2D eigenvalue weighted by Gasteiger charge is -2.48. The molecule has 1 aromatic heterocycles. The van der Waals surface area contributed by atoms with Gasteiger partial charge in [0.25, 0.3) is 0 Å². The minimum absolute atomic E-state index is 0.0251. The van der Waals surface area contributed by atoms with E-state index < -0.39 is 6.04 Å². The molecular weight excluding hydrogens is 398 g/mol. The van der Waals surface area contributed by atoms with Crippen LogP contribution in [0.3, 0.4) is 0 Å². The van der Waals surface area contributed by atoms with Gasteiger partial charge in [-0.25, -0.2) is 0 Å². The van der Waals surface area contributed by atoms with Crippen LogP contribution in [0.1, 0.15) is 68.5 Å². The number of piperazine rings is 1. The summed E-state index contributed by atoms with van der Waals surface area (Å²) in [6.45, 7) is 8.60. The summed E-state index contributed by atoms with van der Waals surface area (Å²) in [6.07, 6.45) is 1.39. The minimum Gasteiger partial charge on any atom is -0.356 e. The molecule has 3 aromatic rings.